The third kappa shape index (κ3) is 3.90. The van der Waals surface area contributed by atoms with Gasteiger partial charge in [-0.2, -0.15) is 0 Å². The molecule has 1 saturated heterocycles. The highest BCUT2D eigenvalue weighted by atomic mass is 32.2. The number of furan rings is 1. The Morgan fingerprint density at radius 2 is 2.11 bits per heavy atom. The molecule has 0 N–H and O–H groups in total. The summed E-state index contributed by atoms with van der Waals surface area (Å²) in [6.45, 7) is -0.463. The van der Waals surface area contributed by atoms with E-state index in [2.05, 4.69) is 4.74 Å². The Morgan fingerprint density at radius 1 is 1.33 bits per heavy atom. The lowest BCUT2D eigenvalue weighted by atomic mass is 10.1. The van der Waals surface area contributed by atoms with Gasteiger partial charge < -0.3 is 9.15 Å². The van der Waals surface area contributed by atoms with Crippen molar-refractivity contribution in [3.05, 3.63) is 57.2 Å². The summed E-state index contributed by atoms with van der Waals surface area (Å²) in [5.74, 6) is -0.660. The van der Waals surface area contributed by atoms with Crippen molar-refractivity contribution in [2.75, 3.05) is 13.7 Å². The number of nitrogens with zero attached hydrogens (tertiary/aromatic N) is 2. The predicted octanol–water partition coefficient (Wildman–Crippen LogP) is 3.06. The number of non-ortho nitro benzene ring substituents is 1. The Kier molecular flexibility index (Phi) is 5.08. The molecule has 0 radical (unpaired) electrons. The van der Waals surface area contributed by atoms with E-state index in [1.807, 2.05) is 0 Å². The van der Waals surface area contributed by atoms with E-state index in [0.717, 1.165) is 12.0 Å². The molecule has 2 amide bonds. The molecule has 0 atom stereocenters. The van der Waals surface area contributed by atoms with Crippen molar-refractivity contribution >= 4 is 40.6 Å². The molecular formula is C17H12N2O7S. The minimum absolute atomic E-state index is 0.0746. The Balaban J connectivity index is 1.82. The molecule has 0 unspecified atom stereocenters. The first kappa shape index (κ1) is 18.4. The first-order chi connectivity index (χ1) is 12.9. The van der Waals surface area contributed by atoms with E-state index in [1.54, 1.807) is 18.2 Å². The molecule has 1 aromatic heterocycles. The van der Waals surface area contributed by atoms with Crippen LogP contribution < -0.4 is 0 Å². The van der Waals surface area contributed by atoms with E-state index in [4.69, 9.17) is 4.42 Å². The predicted molar refractivity (Wildman–Crippen MR) is 95.5 cm³/mol. The van der Waals surface area contributed by atoms with Crippen molar-refractivity contribution in [1.29, 1.82) is 0 Å². The van der Waals surface area contributed by atoms with Crippen LogP contribution in [0.25, 0.3) is 17.4 Å². The lowest BCUT2D eigenvalue weighted by Gasteiger charge is -2.09. The molecule has 10 heteroatoms. The Hall–Kier alpha value is -3.40. The van der Waals surface area contributed by atoms with Crippen LogP contribution >= 0.6 is 11.8 Å². The molecule has 0 aliphatic carbocycles. The van der Waals surface area contributed by atoms with E-state index in [9.17, 15) is 24.5 Å². The summed E-state index contributed by atoms with van der Waals surface area (Å²) in [7, 11) is 1.16. The Morgan fingerprint density at radius 3 is 2.81 bits per heavy atom. The zero-order valence-corrected chi connectivity index (χ0v) is 14.7. The molecule has 27 heavy (non-hydrogen) atoms. The maximum Gasteiger partial charge on any atom is 0.325 e. The molecule has 1 aliphatic rings. The molecule has 0 bridgehead atoms. The van der Waals surface area contributed by atoms with E-state index in [1.165, 1.54) is 24.3 Å². The number of carbonyl (C=O) groups excluding carboxylic acids is 3. The molecule has 3 rings (SSSR count). The number of ether oxygens (including phenoxy) is 1. The van der Waals surface area contributed by atoms with Crippen LogP contribution in [0, 0.1) is 10.1 Å². The van der Waals surface area contributed by atoms with Gasteiger partial charge in [-0.15, -0.1) is 0 Å². The number of imide groups is 1. The summed E-state index contributed by atoms with van der Waals surface area (Å²) in [5.41, 5.74) is 0.428. The minimum atomic E-state index is -0.704. The van der Waals surface area contributed by atoms with Crippen LogP contribution in [0.5, 0.6) is 0 Å². The van der Waals surface area contributed by atoms with Gasteiger partial charge in [-0.1, -0.05) is 12.1 Å². The van der Waals surface area contributed by atoms with Gasteiger partial charge in [-0.25, -0.2) is 0 Å². The van der Waals surface area contributed by atoms with E-state index in [-0.39, 0.29) is 10.6 Å². The first-order valence-electron chi connectivity index (χ1n) is 7.56. The zero-order valence-electron chi connectivity index (χ0n) is 13.9. The average molecular weight is 388 g/mol. The van der Waals surface area contributed by atoms with E-state index < -0.39 is 28.6 Å². The molecule has 0 saturated carbocycles. The monoisotopic (exact) mass is 388 g/mol. The fraction of sp³-hybridized carbons (Fsp3) is 0.118. The second-order valence-electron chi connectivity index (χ2n) is 5.35. The molecule has 0 spiro atoms. The van der Waals surface area contributed by atoms with Gasteiger partial charge >= 0.3 is 5.97 Å². The molecule has 2 heterocycles. The normalized spacial score (nSPS) is 15.4. The van der Waals surface area contributed by atoms with Crippen molar-refractivity contribution in [3.63, 3.8) is 0 Å². The molecule has 9 nitrogen and oxygen atoms in total. The number of benzene rings is 1. The SMILES string of the molecule is COC(=O)CN1C(=O)S/C(=C\c2ccc(-c3cccc([N+](=O)[O-])c3)o2)C1=O. The highest BCUT2D eigenvalue weighted by Gasteiger charge is 2.36. The summed E-state index contributed by atoms with van der Waals surface area (Å²) in [5, 5.41) is 10.3. The van der Waals surface area contributed by atoms with Crippen LogP contribution in [0.2, 0.25) is 0 Å². The summed E-state index contributed by atoms with van der Waals surface area (Å²) < 4.78 is 10.1. The van der Waals surface area contributed by atoms with Crippen molar-refractivity contribution in [2.45, 2.75) is 0 Å². The topological polar surface area (TPSA) is 120 Å². The van der Waals surface area contributed by atoms with Crippen molar-refractivity contribution < 1.29 is 28.5 Å². The second kappa shape index (κ2) is 7.46. The quantitative estimate of drug-likeness (QED) is 0.332. The third-order valence-electron chi connectivity index (χ3n) is 3.63. The molecule has 1 aromatic carbocycles. The third-order valence-corrected chi connectivity index (χ3v) is 4.54. The number of rotatable bonds is 5. The van der Waals surface area contributed by atoms with Crippen LogP contribution in [0.1, 0.15) is 5.76 Å². The Labute approximate surface area is 156 Å². The van der Waals surface area contributed by atoms with Crippen molar-refractivity contribution in [3.8, 4) is 11.3 Å². The average Bonchev–Trinajstić information content (AvgIpc) is 3.22. The van der Waals surface area contributed by atoms with Gasteiger partial charge in [0.25, 0.3) is 16.8 Å². The number of thioether (sulfide) groups is 1. The Bertz CT molecular complexity index is 979. The van der Waals surface area contributed by atoms with Gasteiger partial charge in [0.15, 0.2) is 0 Å². The van der Waals surface area contributed by atoms with E-state index in [0.29, 0.717) is 28.8 Å². The number of carbonyl (C=O) groups is 3. The van der Waals surface area contributed by atoms with Gasteiger partial charge in [0.2, 0.25) is 0 Å². The lowest BCUT2D eigenvalue weighted by molar-refractivity contribution is -0.384. The largest absolute Gasteiger partial charge is 0.468 e. The van der Waals surface area contributed by atoms with Crippen LogP contribution in [0.4, 0.5) is 10.5 Å². The van der Waals surface area contributed by atoms with Crippen LogP contribution in [-0.4, -0.2) is 40.6 Å². The summed E-state index contributed by atoms with van der Waals surface area (Å²) in [6.07, 6.45) is 1.38. The number of nitro benzene ring substituents is 1. The van der Waals surface area contributed by atoms with Gasteiger partial charge in [-0.3, -0.25) is 29.4 Å². The summed E-state index contributed by atoms with van der Waals surface area (Å²) >= 11 is 0.682. The first-order valence-corrected chi connectivity index (χ1v) is 8.37. The highest BCUT2D eigenvalue weighted by Crippen LogP contribution is 2.33. The number of esters is 1. The highest BCUT2D eigenvalue weighted by molar-refractivity contribution is 8.18. The number of hydrogen-bond acceptors (Lipinski definition) is 8. The van der Waals surface area contributed by atoms with Crippen molar-refractivity contribution in [1.82, 2.24) is 4.90 Å². The van der Waals surface area contributed by atoms with Gasteiger partial charge in [0.05, 0.1) is 16.9 Å². The lowest BCUT2D eigenvalue weighted by Crippen LogP contribution is -2.34. The molecule has 138 valence electrons. The fourth-order valence-corrected chi connectivity index (χ4v) is 3.14. The maximum atomic E-state index is 12.3. The molecule has 1 aliphatic heterocycles. The number of hydrogen-bond donors (Lipinski definition) is 0. The maximum absolute atomic E-state index is 12.3. The van der Waals surface area contributed by atoms with E-state index >= 15 is 0 Å². The van der Waals surface area contributed by atoms with Gasteiger partial charge in [-0.05, 0) is 23.9 Å². The van der Waals surface area contributed by atoms with Crippen LogP contribution in [0.15, 0.2) is 45.7 Å². The van der Waals surface area contributed by atoms with Crippen molar-refractivity contribution in [2.24, 2.45) is 0 Å². The standard InChI is InChI=1S/C17H12N2O7S/c1-25-15(20)9-18-16(21)14(27-17(18)22)8-12-5-6-13(26-12)10-3-2-4-11(7-10)19(23)24/h2-8H,9H2,1H3/b14-8-. The van der Waals surface area contributed by atoms with Gasteiger partial charge in [0, 0.05) is 23.8 Å². The zero-order chi connectivity index (χ0) is 19.6. The number of nitro groups is 1. The second-order valence-corrected chi connectivity index (χ2v) is 6.35. The molecule has 2 aromatic rings. The fourth-order valence-electron chi connectivity index (χ4n) is 2.32. The minimum Gasteiger partial charge on any atom is -0.468 e. The smallest absolute Gasteiger partial charge is 0.325 e. The number of amides is 2. The molecule has 1 fully saturated rings. The van der Waals surface area contributed by atoms with Gasteiger partial charge in [0.1, 0.15) is 18.1 Å². The summed E-state index contributed by atoms with van der Waals surface area (Å²) in [4.78, 5) is 46.7. The van der Waals surface area contributed by atoms with Crippen LogP contribution in [-0.2, 0) is 14.3 Å². The summed E-state index contributed by atoms with van der Waals surface area (Å²) in [6, 6.07) is 9.09. The van der Waals surface area contributed by atoms with Crippen LogP contribution in [0.3, 0.4) is 0 Å². The molecular weight excluding hydrogens is 376 g/mol. The number of methoxy groups -OCH3 is 1.